The summed E-state index contributed by atoms with van der Waals surface area (Å²) in [4.78, 5) is 13.9. The van der Waals surface area contributed by atoms with Gasteiger partial charge in [-0.2, -0.15) is 0 Å². The van der Waals surface area contributed by atoms with Crippen LogP contribution in [0, 0.1) is 11.8 Å². The van der Waals surface area contributed by atoms with Gasteiger partial charge in [0.25, 0.3) is 0 Å². The fraction of sp³-hybridized carbons (Fsp3) is 0.720. The average molecular weight is 488 g/mol. The molecule has 1 fully saturated rings. The van der Waals surface area contributed by atoms with Crippen molar-refractivity contribution < 1.29 is 27.8 Å². The predicted molar refractivity (Wildman–Crippen MR) is 128 cm³/mol. The summed E-state index contributed by atoms with van der Waals surface area (Å²) in [5, 5.41) is 9.33. The molecule has 188 valence electrons. The lowest BCUT2D eigenvalue weighted by molar-refractivity contribution is -0.274. The number of piperidine rings is 1. The number of carboxylic acid groups (broad SMARTS) is 1. The molecule has 0 aliphatic carbocycles. The Kier molecular flexibility index (Phi) is 9.85. The molecule has 1 aliphatic rings. The lowest BCUT2D eigenvalue weighted by Crippen LogP contribution is -2.44. The lowest BCUT2D eigenvalue weighted by atomic mass is 9.83. The average Bonchev–Trinajstić information content (AvgIpc) is 2.66. The minimum Gasteiger partial charge on any atom is -0.481 e. The van der Waals surface area contributed by atoms with Crippen LogP contribution < -0.4 is 4.74 Å². The second-order valence-corrected chi connectivity index (χ2v) is 16.7. The number of carbonyl (C=O) groups is 1. The van der Waals surface area contributed by atoms with Gasteiger partial charge in [0.05, 0.1) is 0 Å². The molecule has 1 saturated heterocycles. The minimum absolute atomic E-state index is 0.00170. The molecule has 1 aromatic rings. The molecule has 0 unspecified atom stereocenters. The van der Waals surface area contributed by atoms with Crippen molar-refractivity contribution in [3.05, 3.63) is 29.8 Å². The van der Waals surface area contributed by atoms with E-state index in [0.29, 0.717) is 18.4 Å². The van der Waals surface area contributed by atoms with Gasteiger partial charge < -0.3 is 9.84 Å². The van der Waals surface area contributed by atoms with Gasteiger partial charge in [-0.15, -0.1) is 13.2 Å². The summed E-state index contributed by atoms with van der Waals surface area (Å²) in [6.45, 7) is 12.4. The van der Waals surface area contributed by atoms with Gasteiger partial charge in [0.15, 0.2) is 0 Å². The largest absolute Gasteiger partial charge is 0.573 e. The van der Waals surface area contributed by atoms with E-state index in [4.69, 9.17) is 0 Å². The third-order valence-electron chi connectivity index (χ3n) is 6.49. The zero-order chi connectivity index (χ0) is 24.8. The maximum atomic E-state index is 12.6. The van der Waals surface area contributed by atoms with Crippen LogP contribution >= 0.6 is 0 Å². The van der Waals surface area contributed by atoms with Gasteiger partial charge in [0, 0.05) is 26.6 Å². The second kappa shape index (κ2) is 11.7. The van der Waals surface area contributed by atoms with E-state index in [1.807, 2.05) is 0 Å². The van der Waals surface area contributed by atoms with E-state index in [9.17, 15) is 23.1 Å². The highest BCUT2D eigenvalue weighted by atomic mass is 28.3. The first-order valence-electron chi connectivity index (χ1n) is 12.1. The quantitative estimate of drug-likeness (QED) is 0.332. The Morgan fingerprint density at radius 3 is 2.30 bits per heavy atom. The summed E-state index contributed by atoms with van der Waals surface area (Å²) in [6, 6.07) is 7.76. The van der Waals surface area contributed by atoms with Gasteiger partial charge in [-0.05, 0) is 68.2 Å². The van der Waals surface area contributed by atoms with E-state index >= 15 is 0 Å². The smallest absolute Gasteiger partial charge is 0.481 e. The number of carboxylic acids is 1. The zero-order valence-corrected chi connectivity index (χ0v) is 21.6. The lowest BCUT2D eigenvalue weighted by Gasteiger charge is -2.45. The van der Waals surface area contributed by atoms with Crippen LogP contribution in [0.2, 0.25) is 25.7 Å². The van der Waals surface area contributed by atoms with Crippen molar-refractivity contribution in [1.82, 2.24) is 4.90 Å². The summed E-state index contributed by atoms with van der Waals surface area (Å²) in [6.07, 6.45) is 0.265. The van der Waals surface area contributed by atoms with Crippen LogP contribution in [-0.4, -0.2) is 43.0 Å². The number of benzene rings is 1. The Bertz CT molecular complexity index is 747. The van der Waals surface area contributed by atoms with Crippen LogP contribution in [0.3, 0.4) is 0 Å². The Morgan fingerprint density at radius 1 is 1.15 bits per heavy atom. The fourth-order valence-electron chi connectivity index (χ4n) is 4.75. The van der Waals surface area contributed by atoms with Crippen molar-refractivity contribution in [1.29, 1.82) is 0 Å². The molecular formula is C25H40F3NO3Si. The van der Waals surface area contributed by atoms with Crippen molar-refractivity contribution >= 4 is 14.0 Å². The molecule has 0 amide bonds. The van der Waals surface area contributed by atoms with Crippen LogP contribution in [0.1, 0.15) is 64.0 Å². The summed E-state index contributed by atoms with van der Waals surface area (Å²) >= 11 is 0. The molecule has 1 aromatic carbocycles. The Balaban J connectivity index is 2.29. The van der Waals surface area contributed by atoms with Gasteiger partial charge >= 0.3 is 12.3 Å². The minimum atomic E-state index is -4.72. The number of alkyl halides is 3. The molecule has 3 atom stereocenters. The molecule has 0 radical (unpaired) electrons. The number of halogens is 3. The molecule has 8 heteroatoms. The molecule has 1 aliphatic heterocycles. The van der Waals surface area contributed by atoms with Crippen molar-refractivity contribution in [3.63, 3.8) is 0 Å². The predicted octanol–water partition coefficient (Wildman–Crippen LogP) is 7.35. The first-order chi connectivity index (χ1) is 15.2. The molecule has 0 bridgehead atoms. The topological polar surface area (TPSA) is 49.8 Å². The van der Waals surface area contributed by atoms with E-state index in [-0.39, 0.29) is 24.1 Å². The summed E-state index contributed by atoms with van der Waals surface area (Å²) in [5.74, 6) is -0.360. The van der Waals surface area contributed by atoms with Gasteiger partial charge in [0.2, 0.25) is 0 Å². The standard InChI is InChI=1S/C25H40F3NO3Si/c1-18(2)6-9-21(13-15-33(3,4)5)29-14-12-19(17-24(30)31)16-23(29)20-7-10-22(11-8-20)32-25(26,27)28/h7-8,10-11,18-19,21,23H,6,9,12-17H2,1-5H3,(H,30,31)/t19-,21+,23+/m1/s1. The van der Waals surface area contributed by atoms with Crippen LogP contribution in [-0.2, 0) is 4.79 Å². The van der Waals surface area contributed by atoms with Crippen LogP contribution in [0.4, 0.5) is 13.2 Å². The van der Waals surface area contributed by atoms with Gasteiger partial charge in [0.1, 0.15) is 5.75 Å². The van der Waals surface area contributed by atoms with Gasteiger partial charge in [-0.3, -0.25) is 9.69 Å². The molecule has 0 spiro atoms. The molecule has 33 heavy (non-hydrogen) atoms. The van der Waals surface area contributed by atoms with Crippen molar-refractivity contribution in [2.75, 3.05) is 6.54 Å². The maximum absolute atomic E-state index is 12.6. The van der Waals surface area contributed by atoms with E-state index < -0.39 is 20.4 Å². The van der Waals surface area contributed by atoms with Crippen LogP contribution in [0.15, 0.2) is 24.3 Å². The van der Waals surface area contributed by atoms with E-state index in [1.165, 1.54) is 18.2 Å². The number of likely N-dealkylation sites (tertiary alicyclic amines) is 1. The first kappa shape index (κ1) is 27.7. The van der Waals surface area contributed by atoms with Crippen molar-refractivity contribution in [2.24, 2.45) is 11.8 Å². The first-order valence-corrected chi connectivity index (χ1v) is 15.8. The van der Waals surface area contributed by atoms with Crippen LogP contribution in [0.5, 0.6) is 5.75 Å². The maximum Gasteiger partial charge on any atom is 0.573 e. The highest BCUT2D eigenvalue weighted by molar-refractivity contribution is 6.76. The number of ether oxygens (including phenoxy) is 1. The number of nitrogens with zero attached hydrogens (tertiary/aromatic N) is 1. The van der Waals surface area contributed by atoms with Crippen molar-refractivity contribution in [3.8, 4) is 5.75 Å². The summed E-state index contributed by atoms with van der Waals surface area (Å²) in [7, 11) is -1.23. The van der Waals surface area contributed by atoms with Gasteiger partial charge in [-0.25, -0.2) is 0 Å². The molecule has 0 aromatic heterocycles. The Labute approximate surface area is 197 Å². The van der Waals surface area contributed by atoms with E-state index in [2.05, 4.69) is 43.1 Å². The SMILES string of the molecule is CC(C)CC[C@@H](CC[Si](C)(C)C)N1CC[C@@H](CC(=O)O)C[C@H]1c1ccc(OC(F)(F)F)cc1. The second-order valence-electron chi connectivity index (χ2n) is 11.1. The molecule has 1 N–H and O–H groups in total. The molecule has 0 saturated carbocycles. The van der Waals surface area contributed by atoms with Gasteiger partial charge in [-0.1, -0.05) is 51.7 Å². The molecule has 1 heterocycles. The van der Waals surface area contributed by atoms with Crippen LogP contribution in [0.25, 0.3) is 0 Å². The molecule has 4 nitrogen and oxygen atoms in total. The van der Waals surface area contributed by atoms with E-state index in [1.54, 1.807) is 12.1 Å². The number of hydrogen-bond acceptors (Lipinski definition) is 3. The normalized spacial score (nSPS) is 21.2. The zero-order valence-electron chi connectivity index (χ0n) is 20.6. The monoisotopic (exact) mass is 487 g/mol. The highest BCUT2D eigenvalue weighted by Crippen LogP contribution is 2.40. The van der Waals surface area contributed by atoms with Crippen molar-refractivity contribution in [2.45, 2.75) is 96.5 Å². The number of hydrogen-bond donors (Lipinski definition) is 1. The molecule has 2 rings (SSSR count). The Morgan fingerprint density at radius 2 is 1.79 bits per heavy atom. The summed E-state index contributed by atoms with van der Waals surface area (Å²) in [5.41, 5.74) is 0.933. The number of rotatable bonds is 11. The number of aliphatic carboxylic acids is 1. The third kappa shape index (κ3) is 10.1. The molecular weight excluding hydrogens is 447 g/mol. The highest BCUT2D eigenvalue weighted by Gasteiger charge is 2.36. The third-order valence-corrected chi connectivity index (χ3v) is 8.28. The Hall–Kier alpha value is -1.54. The van der Waals surface area contributed by atoms with E-state index in [0.717, 1.165) is 37.8 Å². The summed E-state index contributed by atoms with van der Waals surface area (Å²) < 4.78 is 41.8. The fourth-order valence-corrected chi connectivity index (χ4v) is 5.95.